The maximum Gasteiger partial charge on any atom is 0.241 e. The van der Waals surface area contributed by atoms with E-state index in [1.54, 1.807) is 0 Å². The summed E-state index contributed by atoms with van der Waals surface area (Å²) >= 11 is 0. The lowest BCUT2D eigenvalue weighted by atomic mass is 10.1. The van der Waals surface area contributed by atoms with Crippen LogP contribution in [-0.4, -0.2) is 43.0 Å². The Balaban J connectivity index is 1.68. The van der Waals surface area contributed by atoms with Crippen molar-refractivity contribution in [3.05, 3.63) is 30.3 Å². The van der Waals surface area contributed by atoms with Crippen molar-refractivity contribution in [1.82, 2.24) is 10.2 Å². The second-order valence-electron chi connectivity index (χ2n) is 6.10. The highest BCUT2D eigenvalue weighted by molar-refractivity contribution is 5.94. The first-order chi connectivity index (χ1) is 10.1. The minimum Gasteiger partial charge on any atom is -0.325 e. The van der Waals surface area contributed by atoms with Gasteiger partial charge in [0, 0.05) is 12.2 Å². The Morgan fingerprint density at radius 3 is 2.52 bits per heavy atom. The van der Waals surface area contributed by atoms with Crippen LogP contribution in [0.4, 0.5) is 5.69 Å². The van der Waals surface area contributed by atoms with E-state index in [4.69, 9.17) is 0 Å². The Labute approximate surface area is 127 Å². The van der Waals surface area contributed by atoms with Crippen LogP contribution >= 0.6 is 0 Å². The second-order valence-corrected chi connectivity index (χ2v) is 6.10. The number of nitrogens with one attached hydrogen (secondary N) is 2. The molecular weight excluding hydrogens is 262 g/mol. The number of nitrogens with zero attached hydrogens (tertiary/aromatic N) is 1. The number of hydrogen-bond donors (Lipinski definition) is 2. The number of carbonyl (C=O) groups is 1. The topological polar surface area (TPSA) is 44.4 Å². The summed E-state index contributed by atoms with van der Waals surface area (Å²) in [6.07, 6.45) is 2.66. The van der Waals surface area contributed by atoms with Crippen molar-refractivity contribution in [2.24, 2.45) is 5.92 Å². The first-order valence-corrected chi connectivity index (χ1v) is 7.97. The quantitative estimate of drug-likeness (QED) is 0.810. The summed E-state index contributed by atoms with van der Waals surface area (Å²) in [5.41, 5.74) is 0.848. The second kappa shape index (κ2) is 8.15. The highest BCUT2D eigenvalue weighted by Gasteiger charge is 2.17. The summed E-state index contributed by atoms with van der Waals surface area (Å²) in [6.45, 7) is 8.62. The first-order valence-electron chi connectivity index (χ1n) is 7.97. The molecule has 1 aliphatic rings. The van der Waals surface area contributed by atoms with E-state index in [9.17, 15) is 4.79 Å². The van der Waals surface area contributed by atoms with Gasteiger partial charge < -0.3 is 15.5 Å². The zero-order valence-corrected chi connectivity index (χ0v) is 13.1. The van der Waals surface area contributed by atoms with Gasteiger partial charge in [0.2, 0.25) is 5.91 Å². The number of likely N-dealkylation sites (tertiary alicyclic amines) is 1. The molecule has 0 bridgehead atoms. The SMILES string of the molecule is CC(CNC(C)C(=O)Nc1ccccc1)CN1CCCC1. The molecule has 1 heterocycles. The summed E-state index contributed by atoms with van der Waals surface area (Å²) in [5.74, 6) is 0.588. The normalized spacial score (nSPS) is 18.4. The van der Waals surface area contributed by atoms with Crippen molar-refractivity contribution in [1.29, 1.82) is 0 Å². The molecule has 2 unspecified atom stereocenters. The van der Waals surface area contributed by atoms with Gasteiger partial charge in [-0.05, 0) is 57.5 Å². The fourth-order valence-corrected chi connectivity index (χ4v) is 2.71. The molecule has 1 aromatic rings. The number of anilines is 1. The fraction of sp³-hybridized carbons (Fsp3) is 0.588. The molecule has 116 valence electrons. The molecule has 2 N–H and O–H groups in total. The molecule has 21 heavy (non-hydrogen) atoms. The number of benzene rings is 1. The Morgan fingerprint density at radius 1 is 1.19 bits per heavy atom. The van der Waals surface area contributed by atoms with Gasteiger partial charge in [-0.2, -0.15) is 0 Å². The molecule has 0 aliphatic carbocycles. The molecule has 1 aliphatic heterocycles. The van der Waals surface area contributed by atoms with Crippen LogP contribution in [0.2, 0.25) is 0 Å². The van der Waals surface area contributed by atoms with Gasteiger partial charge in [0.25, 0.3) is 0 Å². The van der Waals surface area contributed by atoms with Crippen molar-refractivity contribution in [3.8, 4) is 0 Å². The summed E-state index contributed by atoms with van der Waals surface area (Å²) in [5, 5.41) is 6.26. The van der Waals surface area contributed by atoms with Crippen LogP contribution in [0.15, 0.2) is 30.3 Å². The molecule has 4 heteroatoms. The number of carbonyl (C=O) groups excluding carboxylic acids is 1. The summed E-state index contributed by atoms with van der Waals surface area (Å²) < 4.78 is 0. The Morgan fingerprint density at radius 2 is 1.86 bits per heavy atom. The summed E-state index contributed by atoms with van der Waals surface area (Å²) in [6, 6.07) is 9.42. The van der Waals surface area contributed by atoms with E-state index in [0.717, 1.165) is 18.8 Å². The molecule has 0 aromatic heterocycles. The van der Waals surface area contributed by atoms with Crippen molar-refractivity contribution >= 4 is 11.6 Å². The number of para-hydroxylation sites is 1. The zero-order chi connectivity index (χ0) is 15.1. The van der Waals surface area contributed by atoms with Crippen LogP contribution in [-0.2, 0) is 4.79 Å². The van der Waals surface area contributed by atoms with Gasteiger partial charge in [-0.25, -0.2) is 0 Å². The third kappa shape index (κ3) is 5.48. The Hall–Kier alpha value is -1.39. The third-order valence-corrected chi connectivity index (χ3v) is 3.98. The maximum atomic E-state index is 12.1. The minimum absolute atomic E-state index is 0.0228. The van der Waals surface area contributed by atoms with Gasteiger partial charge in [-0.1, -0.05) is 25.1 Å². The van der Waals surface area contributed by atoms with E-state index < -0.39 is 0 Å². The van der Waals surface area contributed by atoms with Crippen molar-refractivity contribution in [2.45, 2.75) is 32.7 Å². The lowest BCUT2D eigenvalue weighted by Crippen LogP contribution is -2.41. The molecule has 2 rings (SSSR count). The molecule has 0 radical (unpaired) electrons. The molecule has 1 amide bonds. The van der Waals surface area contributed by atoms with Gasteiger partial charge in [0.1, 0.15) is 0 Å². The van der Waals surface area contributed by atoms with Crippen LogP contribution in [0.1, 0.15) is 26.7 Å². The predicted octanol–water partition coefficient (Wildman–Crippen LogP) is 2.34. The number of rotatable bonds is 7. The van der Waals surface area contributed by atoms with Gasteiger partial charge >= 0.3 is 0 Å². The van der Waals surface area contributed by atoms with Gasteiger partial charge in [0.05, 0.1) is 6.04 Å². The zero-order valence-electron chi connectivity index (χ0n) is 13.1. The molecule has 0 saturated carbocycles. The lowest BCUT2D eigenvalue weighted by molar-refractivity contribution is -0.117. The van der Waals surface area contributed by atoms with Gasteiger partial charge in [-0.3, -0.25) is 4.79 Å². The van der Waals surface area contributed by atoms with Crippen LogP contribution in [0.3, 0.4) is 0 Å². The standard InChI is InChI=1S/C17H27N3O/c1-14(13-20-10-6-7-11-20)12-18-15(2)17(21)19-16-8-4-3-5-9-16/h3-5,8-9,14-15,18H,6-7,10-13H2,1-2H3,(H,19,21). The number of hydrogen-bond acceptors (Lipinski definition) is 3. The van der Waals surface area contributed by atoms with E-state index in [1.807, 2.05) is 37.3 Å². The molecule has 1 saturated heterocycles. The van der Waals surface area contributed by atoms with Crippen LogP contribution in [0.25, 0.3) is 0 Å². The largest absolute Gasteiger partial charge is 0.325 e. The van der Waals surface area contributed by atoms with Crippen LogP contribution in [0.5, 0.6) is 0 Å². The van der Waals surface area contributed by atoms with E-state index in [0.29, 0.717) is 5.92 Å². The third-order valence-electron chi connectivity index (χ3n) is 3.98. The minimum atomic E-state index is -0.175. The van der Waals surface area contributed by atoms with Gasteiger partial charge in [-0.15, -0.1) is 0 Å². The Bertz CT molecular complexity index is 429. The fourth-order valence-electron chi connectivity index (χ4n) is 2.71. The average Bonchev–Trinajstić information content (AvgIpc) is 2.98. The Kier molecular flexibility index (Phi) is 6.21. The lowest BCUT2D eigenvalue weighted by Gasteiger charge is -2.22. The van der Waals surface area contributed by atoms with Crippen LogP contribution in [0, 0.1) is 5.92 Å². The van der Waals surface area contributed by atoms with Crippen molar-refractivity contribution in [3.63, 3.8) is 0 Å². The average molecular weight is 289 g/mol. The molecule has 1 fully saturated rings. The molecule has 2 atom stereocenters. The maximum absolute atomic E-state index is 12.1. The monoisotopic (exact) mass is 289 g/mol. The van der Waals surface area contributed by atoms with E-state index in [2.05, 4.69) is 22.5 Å². The molecule has 0 spiro atoms. The van der Waals surface area contributed by atoms with Crippen molar-refractivity contribution < 1.29 is 4.79 Å². The predicted molar refractivity (Wildman–Crippen MR) is 87.4 cm³/mol. The van der Waals surface area contributed by atoms with Gasteiger partial charge in [0.15, 0.2) is 0 Å². The van der Waals surface area contributed by atoms with E-state index in [-0.39, 0.29) is 11.9 Å². The highest BCUT2D eigenvalue weighted by atomic mass is 16.2. The van der Waals surface area contributed by atoms with E-state index >= 15 is 0 Å². The van der Waals surface area contributed by atoms with E-state index in [1.165, 1.54) is 25.9 Å². The molecule has 4 nitrogen and oxygen atoms in total. The summed E-state index contributed by atoms with van der Waals surface area (Å²) in [4.78, 5) is 14.6. The first kappa shape index (κ1) is 16.0. The summed E-state index contributed by atoms with van der Waals surface area (Å²) in [7, 11) is 0. The highest BCUT2D eigenvalue weighted by Crippen LogP contribution is 2.10. The van der Waals surface area contributed by atoms with Crippen molar-refractivity contribution in [2.75, 3.05) is 31.5 Å². The smallest absolute Gasteiger partial charge is 0.241 e. The molecular formula is C17H27N3O. The number of amides is 1. The molecule has 1 aromatic carbocycles. The van der Waals surface area contributed by atoms with Crippen LogP contribution < -0.4 is 10.6 Å².